The summed E-state index contributed by atoms with van der Waals surface area (Å²) in [4.78, 5) is 22.2. The summed E-state index contributed by atoms with van der Waals surface area (Å²) in [5, 5.41) is 30.9. The number of hydrogen-bond acceptors (Lipinski definition) is 5. The van der Waals surface area contributed by atoms with E-state index in [9.17, 15) is 0 Å². The zero-order valence-electron chi connectivity index (χ0n) is 44.3. The summed E-state index contributed by atoms with van der Waals surface area (Å²) in [6.07, 6.45) is -2.40. The zero-order chi connectivity index (χ0) is 52.0. The van der Waals surface area contributed by atoms with Crippen LogP contribution >= 0.6 is 0 Å². The third kappa shape index (κ3) is 8.15. The van der Waals surface area contributed by atoms with E-state index in [0.717, 1.165) is 105 Å². The van der Waals surface area contributed by atoms with Crippen LogP contribution in [-0.4, -0.2) is 23.3 Å². The molecule has 0 spiro atoms. The van der Waals surface area contributed by atoms with Crippen molar-refractivity contribution in [2.75, 3.05) is 0 Å². The Bertz CT molecular complexity index is 3350. The molecule has 5 aliphatic heterocycles. The Balaban J connectivity index is 0.00000275. The molecule has 0 N–H and O–H groups in total. The van der Waals surface area contributed by atoms with E-state index in [-0.39, 0.29) is 21.7 Å². The molecule has 8 aromatic rings. The van der Waals surface area contributed by atoms with Crippen LogP contribution in [0.15, 0.2) is 141 Å². The summed E-state index contributed by atoms with van der Waals surface area (Å²) in [5.41, 5.74) is 12.8. The van der Waals surface area contributed by atoms with Gasteiger partial charge in [-0.2, -0.15) is 0 Å². The molecule has 4 atom stereocenters. The Kier molecular flexibility index (Phi) is 10.9. The van der Waals surface area contributed by atoms with Crippen molar-refractivity contribution in [3.8, 4) is 0 Å². The number of rotatable bonds is 0. The predicted molar refractivity (Wildman–Crippen MR) is 302 cm³/mol. The van der Waals surface area contributed by atoms with E-state index < -0.39 is 24.7 Å². The van der Waals surface area contributed by atoms with Crippen LogP contribution in [-0.2, 0) is 42.7 Å². The second-order valence-corrected chi connectivity index (χ2v) is 24.8. The summed E-state index contributed by atoms with van der Waals surface area (Å²) >= 11 is 1.06. The molecular formula is C64H60N8OV-4. The van der Waals surface area contributed by atoms with E-state index in [2.05, 4.69) is 204 Å². The van der Waals surface area contributed by atoms with Gasteiger partial charge in [-0.1, -0.05) is 203 Å². The first-order valence-electron chi connectivity index (χ1n) is 25.8. The normalized spacial score (nSPS) is 22.5. The van der Waals surface area contributed by atoms with E-state index in [0.29, 0.717) is 23.3 Å². The Morgan fingerprint density at radius 3 is 0.689 bits per heavy atom. The molecule has 5 heterocycles. The predicted octanol–water partition coefficient (Wildman–Crippen LogP) is 17.0. The first-order chi connectivity index (χ1) is 35.1. The van der Waals surface area contributed by atoms with Crippen molar-refractivity contribution in [3.05, 3.63) is 209 Å². The molecule has 371 valence electrons. The summed E-state index contributed by atoms with van der Waals surface area (Å²) in [6.45, 7) is 27.1. The SMILES string of the molecule is CC(C)(C)c1ccc2cc3c(cc2c1)C1/N=C2\[N-]C(/N=C4\[N-]C(/N=C5\[N-]C(/N=C/3[N-]1)c1cc3cc(C(C)(C)C)ccc3cc15)c1cc3cc(C(C)(C)C)ccc3cc14)c1cc3cc(C(C)(C)C)ccc3cc12.[O]=[V]. The summed E-state index contributed by atoms with van der Waals surface area (Å²) in [7, 11) is 0. The van der Waals surface area contributed by atoms with Gasteiger partial charge in [0.25, 0.3) is 0 Å². The van der Waals surface area contributed by atoms with Crippen molar-refractivity contribution < 1.29 is 21.0 Å². The molecule has 9 nitrogen and oxygen atoms in total. The molecule has 8 aromatic carbocycles. The second kappa shape index (κ2) is 16.8. The standard InChI is InChI=1S/C64H60N8.O.V/c1-61(2,3)41-17-13-33-25-45-49(29-37(33)21-41)57-65-53(45)70-58-51-31-39-23-43(63(7,8)9)19-15-35(39)27-47(51)55(67-58)72-60-52-32-40-24-44(64(10,11)12)20-16-36(40)28-48(52)56(68-60)71-59-50-30-38-22-42(62(4,5)6)18-14-34(38)26-46(50)54(66-59)69-57;;/h13-32,57-60H,1-12H3;;/q-4;;. The minimum absolute atomic E-state index is 0.0174. The molecule has 0 aromatic heterocycles. The molecule has 4 unspecified atom stereocenters. The van der Waals surface area contributed by atoms with Crippen LogP contribution in [0.25, 0.3) is 64.4 Å². The maximum atomic E-state index is 8.19. The van der Waals surface area contributed by atoms with Gasteiger partial charge in [-0.3, -0.25) is 0 Å². The van der Waals surface area contributed by atoms with Crippen molar-refractivity contribution in [2.24, 2.45) is 20.0 Å². The van der Waals surface area contributed by atoms with E-state index in [1.54, 1.807) is 0 Å². The molecule has 0 radical (unpaired) electrons. The summed E-state index contributed by atoms with van der Waals surface area (Å²) < 4.78 is 8.19. The van der Waals surface area contributed by atoms with Crippen molar-refractivity contribution in [3.63, 3.8) is 0 Å². The third-order valence-corrected chi connectivity index (χ3v) is 15.5. The van der Waals surface area contributed by atoms with Gasteiger partial charge in [0.1, 0.15) is 0 Å². The molecule has 0 saturated carbocycles. The number of benzene rings is 8. The molecule has 74 heavy (non-hydrogen) atoms. The van der Waals surface area contributed by atoms with Crippen molar-refractivity contribution in [1.82, 2.24) is 0 Å². The fraction of sp³-hybridized carbons (Fsp3) is 0.312. The molecule has 0 saturated heterocycles. The Morgan fingerprint density at radius 1 is 0.297 bits per heavy atom. The molecule has 0 aliphatic carbocycles. The van der Waals surface area contributed by atoms with Gasteiger partial charge in [0.2, 0.25) is 0 Å². The minimum atomic E-state index is -0.600. The van der Waals surface area contributed by atoms with Crippen LogP contribution in [0.3, 0.4) is 0 Å². The average Bonchev–Trinajstić information content (AvgIpc) is 4.07. The van der Waals surface area contributed by atoms with Gasteiger partial charge < -0.3 is 41.2 Å². The van der Waals surface area contributed by atoms with Crippen molar-refractivity contribution in [1.29, 1.82) is 0 Å². The van der Waals surface area contributed by atoms with Gasteiger partial charge in [-0.25, -0.2) is 0 Å². The summed E-state index contributed by atoms with van der Waals surface area (Å²) in [6, 6.07) is 45.2. The van der Waals surface area contributed by atoms with Gasteiger partial charge in [-0.15, -0.1) is 0 Å². The molecule has 8 bridgehead atoms. The molecule has 13 rings (SSSR count). The van der Waals surface area contributed by atoms with Gasteiger partial charge in [-0.05, 0) is 180 Å². The van der Waals surface area contributed by atoms with E-state index in [1.807, 2.05) is 0 Å². The molecule has 5 aliphatic rings. The molecule has 0 fully saturated rings. The monoisotopic (exact) mass is 1010 g/mol. The summed E-state index contributed by atoms with van der Waals surface area (Å²) in [5.74, 6) is 2.49. The van der Waals surface area contributed by atoms with E-state index >= 15 is 0 Å². The Morgan fingerprint density at radius 2 is 0.500 bits per heavy atom. The molecule has 10 heteroatoms. The number of amidine groups is 4. The number of hydrogen-bond donors (Lipinski definition) is 0. The van der Waals surface area contributed by atoms with Gasteiger partial charge in [0, 0.05) is 0 Å². The van der Waals surface area contributed by atoms with Crippen LogP contribution < -0.4 is 0 Å². The van der Waals surface area contributed by atoms with Crippen LogP contribution in [0.2, 0.25) is 0 Å². The van der Waals surface area contributed by atoms with E-state index in [4.69, 9.17) is 44.9 Å². The van der Waals surface area contributed by atoms with Crippen molar-refractivity contribution >= 4 is 66.4 Å². The van der Waals surface area contributed by atoms with Crippen LogP contribution in [0.5, 0.6) is 0 Å². The van der Waals surface area contributed by atoms with Gasteiger partial charge in [0.15, 0.2) is 0 Å². The molecular weight excluding hydrogens is 948 g/mol. The fourth-order valence-electron chi connectivity index (χ4n) is 11.0. The second-order valence-electron chi connectivity index (χ2n) is 24.8. The number of aliphatic imine (C=N–C) groups is 4. The maximum absolute atomic E-state index is 8.19. The first-order valence-corrected chi connectivity index (χ1v) is 26.3. The third-order valence-electron chi connectivity index (χ3n) is 15.5. The van der Waals surface area contributed by atoms with Crippen molar-refractivity contribution in [2.45, 2.75) is 129 Å². The fourth-order valence-corrected chi connectivity index (χ4v) is 11.0. The average molecular weight is 1010 g/mol. The van der Waals surface area contributed by atoms with E-state index in [1.165, 1.54) is 22.3 Å². The Hall–Kier alpha value is -6.94. The van der Waals surface area contributed by atoms with Crippen LogP contribution in [0.1, 0.15) is 175 Å². The zero-order valence-corrected chi connectivity index (χ0v) is 45.7. The topological polar surface area (TPSA) is 123 Å². The molecule has 0 amide bonds. The number of fused-ring (bicyclic) bond motifs is 24. The quantitative estimate of drug-likeness (QED) is 0.148. The Labute approximate surface area is 443 Å². The van der Waals surface area contributed by atoms with Crippen LogP contribution in [0, 0.1) is 0 Å². The van der Waals surface area contributed by atoms with Crippen LogP contribution in [0.4, 0.5) is 0 Å². The number of nitrogens with zero attached hydrogens (tertiary/aromatic N) is 8. The van der Waals surface area contributed by atoms with Gasteiger partial charge >= 0.3 is 21.0 Å². The van der Waals surface area contributed by atoms with Gasteiger partial charge in [0.05, 0.1) is 0 Å². The first kappa shape index (κ1) is 48.0.